The standard InChI is InChI=1S/C12H30N4/c1-11(13)5-9-15-7-3-4-8-16-10-6-12(2)14/h11-12,15-16H,3-10,13-14H2,1-2H3/t11-,12-/m1/s1. The van der Waals surface area contributed by atoms with Crippen LogP contribution >= 0.6 is 0 Å². The van der Waals surface area contributed by atoms with Crippen molar-refractivity contribution in [2.75, 3.05) is 26.2 Å². The zero-order chi connectivity index (χ0) is 12.2. The number of hydrogen-bond donors (Lipinski definition) is 4. The van der Waals surface area contributed by atoms with Gasteiger partial charge < -0.3 is 22.1 Å². The Labute approximate surface area is 101 Å². The fourth-order valence-electron chi connectivity index (χ4n) is 1.41. The molecule has 16 heavy (non-hydrogen) atoms. The van der Waals surface area contributed by atoms with E-state index in [2.05, 4.69) is 10.6 Å². The van der Waals surface area contributed by atoms with Crippen molar-refractivity contribution in [3.63, 3.8) is 0 Å². The van der Waals surface area contributed by atoms with E-state index < -0.39 is 0 Å². The quantitative estimate of drug-likeness (QED) is 0.388. The van der Waals surface area contributed by atoms with Gasteiger partial charge in [0.2, 0.25) is 0 Å². The van der Waals surface area contributed by atoms with E-state index in [-0.39, 0.29) is 0 Å². The fourth-order valence-corrected chi connectivity index (χ4v) is 1.41. The first-order valence-corrected chi connectivity index (χ1v) is 6.55. The van der Waals surface area contributed by atoms with Crippen molar-refractivity contribution < 1.29 is 0 Å². The van der Waals surface area contributed by atoms with Gasteiger partial charge in [-0.05, 0) is 65.7 Å². The summed E-state index contributed by atoms with van der Waals surface area (Å²) in [6, 6.07) is 0.625. The van der Waals surface area contributed by atoms with Crippen molar-refractivity contribution in [2.24, 2.45) is 11.5 Å². The van der Waals surface area contributed by atoms with E-state index in [1.54, 1.807) is 0 Å². The molecule has 98 valence electrons. The highest BCUT2D eigenvalue weighted by atomic mass is 14.9. The molecule has 0 radical (unpaired) electrons. The predicted molar refractivity (Wildman–Crippen MR) is 71.5 cm³/mol. The molecule has 4 heteroatoms. The second-order valence-corrected chi connectivity index (χ2v) is 4.74. The highest BCUT2D eigenvalue weighted by Gasteiger charge is 1.94. The highest BCUT2D eigenvalue weighted by Crippen LogP contribution is 1.88. The lowest BCUT2D eigenvalue weighted by molar-refractivity contribution is 0.539. The number of nitrogens with two attached hydrogens (primary N) is 2. The Morgan fingerprint density at radius 3 is 1.44 bits per heavy atom. The van der Waals surface area contributed by atoms with Crippen LogP contribution in [0.4, 0.5) is 0 Å². The van der Waals surface area contributed by atoms with Crippen LogP contribution in [0.25, 0.3) is 0 Å². The Bertz CT molecular complexity index is 121. The molecule has 0 fully saturated rings. The molecule has 0 aromatic rings. The molecule has 0 unspecified atom stereocenters. The molecule has 0 rings (SSSR count). The van der Waals surface area contributed by atoms with Gasteiger partial charge >= 0.3 is 0 Å². The van der Waals surface area contributed by atoms with Crippen LogP contribution in [0, 0.1) is 0 Å². The molecule has 0 aliphatic carbocycles. The molecule has 6 N–H and O–H groups in total. The molecule has 0 spiro atoms. The monoisotopic (exact) mass is 230 g/mol. The van der Waals surface area contributed by atoms with E-state index in [9.17, 15) is 0 Å². The third-order valence-corrected chi connectivity index (χ3v) is 2.51. The second-order valence-electron chi connectivity index (χ2n) is 4.74. The Balaban J connectivity index is 2.93. The maximum atomic E-state index is 5.65. The van der Waals surface area contributed by atoms with Crippen molar-refractivity contribution in [2.45, 2.75) is 51.6 Å². The van der Waals surface area contributed by atoms with Gasteiger partial charge in [-0.25, -0.2) is 0 Å². The number of hydrogen-bond acceptors (Lipinski definition) is 4. The van der Waals surface area contributed by atoms with Gasteiger partial charge in [0.05, 0.1) is 0 Å². The van der Waals surface area contributed by atoms with E-state index in [0.717, 1.165) is 39.0 Å². The first kappa shape index (κ1) is 15.8. The smallest absolute Gasteiger partial charge is 0.00225 e. The lowest BCUT2D eigenvalue weighted by Gasteiger charge is -2.08. The van der Waals surface area contributed by atoms with E-state index in [1.165, 1.54) is 12.8 Å². The Hall–Kier alpha value is -0.160. The molecule has 0 aromatic carbocycles. The molecule has 0 amide bonds. The van der Waals surface area contributed by atoms with Crippen LogP contribution < -0.4 is 22.1 Å². The van der Waals surface area contributed by atoms with Gasteiger partial charge in [0.25, 0.3) is 0 Å². The molecule has 0 bridgehead atoms. The van der Waals surface area contributed by atoms with Gasteiger partial charge in [0.1, 0.15) is 0 Å². The lowest BCUT2D eigenvalue weighted by atomic mass is 10.2. The average Bonchev–Trinajstić information content (AvgIpc) is 2.20. The summed E-state index contributed by atoms with van der Waals surface area (Å²) in [7, 11) is 0. The normalized spacial score (nSPS) is 15.0. The van der Waals surface area contributed by atoms with Gasteiger partial charge in [-0.1, -0.05) is 0 Å². The molecule has 0 aliphatic rings. The minimum Gasteiger partial charge on any atom is -0.328 e. The molecular weight excluding hydrogens is 200 g/mol. The van der Waals surface area contributed by atoms with E-state index in [4.69, 9.17) is 11.5 Å². The molecule has 0 saturated heterocycles. The SMILES string of the molecule is C[C@@H](N)CCNCCCCNCC[C@@H](C)N. The summed E-state index contributed by atoms with van der Waals surface area (Å²) in [6.45, 7) is 8.36. The number of rotatable bonds is 11. The van der Waals surface area contributed by atoms with Crippen molar-refractivity contribution in [3.8, 4) is 0 Å². The van der Waals surface area contributed by atoms with E-state index in [0.29, 0.717) is 12.1 Å². The third kappa shape index (κ3) is 13.8. The fraction of sp³-hybridized carbons (Fsp3) is 1.00. The highest BCUT2D eigenvalue weighted by molar-refractivity contribution is 4.58. The van der Waals surface area contributed by atoms with Gasteiger partial charge in [0, 0.05) is 12.1 Å². The van der Waals surface area contributed by atoms with Crippen molar-refractivity contribution in [1.82, 2.24) is 10.6 Å². The molecule has 0 aliphatic heterocycles. The molecule has 4 nitrogen and oxygen atoms in total. The summed E-state index contributed by atoms with van der Waals surface area (Å²) >= 11 is 0. The summed E-state index contributed by atoms with van der Waals surface area (Å²) in [5.41, 5.74) is 11.3. The van der Waals surface area contributed by atoms with E-state index >= 15 is 0 Å². The van der Waals surface area contributed by atoms with Gasteiger partial charge in [-0.3, -0.25) is 0 Å². The van der Waals surface area contributed by atoms with Crippen LogP contribution in [0.5, 0.6) is 0 Å². The first-order chi connectivity index (χ1) is 7.63. The van der Waals surface area contributed by atoms with Crippen LogP contribution in [-0.4, -0.2) is 38.3 Å². The first-order valence-electron chi connectivity index (χ1n) is 6.55. The van der Waals surface area contributed by atoms with Crippen molar-refractivity contribution >= 4 is 0 Å². The van der Waals surface area contributed by atoms with Crippen LogP contribution in [0.2, 0.25) is 0 Å². The Morgan fingerprint density at radius 1 is 0.750 bits per heavy atom. The van der Waals surface area contributed by atoms with Crippen LogP contribution in [0.15, 0.2) is 0 Å². The average molecular weight is 230 g/mol. The van der Waals surface area contributed by atoms with Gasteiger partial charge in [-0.15, -0.1) is 0 Å². The van der Waals surface area contributed by atoms with Gasteiger partial charge in [-0.2, -0.15) is 0 Å². The summed E-state index contributed by atoms with van der Waals surface area (Å²) in [4.78, 5) is 0. The Kier molecular flexibility index (Phi) is 11.2. The van der Waals surface area contributed by atoms with E-state index in [1.807, 2.05) is 13.8 Å². The topological polar surface area (TPSA) is 76.1 Å². The molecule has 2 atom stereocenters. The molecule has 0 saturated carbocycles. The maximum absolute atomic E-state index is 5.65. The third-order valence-electron chi connectivity index (χ3n) is 2.51. The van der Waals surface area contributed by atoms with Crippen LogP contribution in [0.1, 0.15) is 39.5 Å². The Morgan fingerprint density at radius 2 is 1.12 bits per heavy atom. The van der Waals surface area contributed by atoms with Gasteiger partial charge in [0.15, 0.2) is 0 Å². The number of nitrogens with one attached hydrogen (secondary N) is 2. The zero-order valence-electron chi connectivity index (χ0n) is 11.0. The summed E-state index contributed by atoms with van der Waals surface area (Å²) < 4.78 is 0. The second kappa shape index (κ2) is 11.3. The molecule has 0 aromatic heterocycles. The number of unbranched alkanes of at least 4 members (excludes halogenated alkanes) is 1. The zero-order valence-corrected chi connectivity index (χ0v) is 11.0. The largest absolute Gasteiger partial charge is 0.328 e. The summed E-state index contributed by atoms with van der Waals surface area (Å²) in [5, 5.41) is 6.80. The van der Waals surface area contributed by atoms with Crippen LogP contribution in [0.3, 0.4) is 0 Å². The van der Waals surface area contributed by atoms with Crippen molar-refractivity contribution in [1.29, 1.82) is 0 Å². The maximum Gasteiger partial charge on any atom is 0.00225 e. The summed E-state index contributed by atoms with van der Waals surface area (Å²) in [6.07, 6.45) is 4.58. The minimum absolute atomic E-state index is 0.312. The van der Waals surface area contributed by atoms with Crippen molar-refractivity contribution in [3.05, 3.63) is 0 Å². The summed E-state index contributed by atoms with van der Waals surface area (Å²) in [5.74, 6) is 0. The molecule has 0 heterocycles. The lowest BCUT2D eigenvalue weighted by Crippen LogP contribution is -2.26. The van der Waals surface area contributed by atoms with Crippen LogP contribution in [-0.2, 0) is 0 Å². The molecular formula is C12H30N4. The predicted octanol–water partition coefficient (Wildman–Crippen LogP) is 0.420. The minimum atomic E-state index is 0.312.